The molecule has 0 unspecified atom stereocenters. The van der Waals surface area contributed by atoms with Gasteiger partial charge in [-0.1, -0.05) is 35.9 Å². The minimum absolute atomic E-state index is 0.0721. The third-order valence-corrected chi connectivity index (χ3v) is 6.88. The van der Waals surface area contributed by atoms with E-state index in [9.17, 15) is 9.59 Å². The molecule has 3 rings (SSSR count). The molecule has 1 heterocycles. The highest BCUT2D eigenvalue weighted by Crippen LogP contribution is 2.26. The summed E-state index contributed by atoms with van der Waals surface area (Å²) in [6, 6.07) is 14.3. The summed E-state index contributed by atoms with van der Waals surface area (Å²) in [7, 11) is 1.65. The standard InChI is InChI=1S/C25H32ClN3O3S/c1-32-19-11-9-18(10-12-19)23(29-14-5-6-15-29)17-27-25(31)22(13-16-33-2)28-24(30)20-7-3-4-8-21(20)26/h3-4,7-12,22-23H,5-6,13-17H2,1-2H3,(H,27,31)(H,28,30)/t22-,23+/m1/s1. The van der Waals surface area contributed by atoms with Crippen molar-refractivity contribution in [2.45, 2.75) is 31.3 Å². The topological polar surface area (TPSA) is 70.7 Å². The van der Waals surface area contributed by atoms with Crippen LogP contribution in [0.5, 0.6) is 5.75 Å². The number of hydrogen-bond acceptors (Lipinski definition) is 5. The number of thioether (sulfide) groups is 1. The number of nitrogens with zero attached hydrogens (tertiary/aromatic N) is 1. The Hall–Kier alpha value is -2.22. The number of halogens is 1. The molecule has 33 heavy (non-hydrogen) atoms. The van der Waals surface area contributed by atoms with Gasteiger partial charge in [-0.3, -0.25) is 14.5 Å². The summed E-state index contributed by atoms with van der Waals surface area (Å²) >= 11 is 7.81. The number of ether oxygens (including phenoxy) is 1. The first-order valence-electron chi connectivity index (χ1n) is 11.2. The summed E-state index contributed by atoms with van der Waals surface area (Å²) < 4.78 is 5.29. The first kappa shape index (κ1) is 25.4. The molecule has 0 bridgehead atoms. The van der Waals surface area contributed by atoms with E-state index in [1.807, 2.05) is 18.4 Å². The maximum atomic E-state index is 13.1. The van der Waals surface area contributed by atoms with Crippen LogP contribution in [0.3, 0.4) is 0 Å². The molecule has 2 amide bonds. The van der Waals surface area contributed by atoms with Gasteiger partial charge in [-0.2, -0.15) is 11.8 Å². The van der Waals surface area contributed by atoms with Crippen molar-refractivity contribution in [2.24, 2.45) is 0 Å². The number of nitrogens with one attached hydrogen (secondary N) is 2. The number of likely N-dealkylation sites (tertiary alicyclic amines) is 1. The number of methoxy groups -OCH3 is 1. The lowest BCUT2D eigenvalue weighted by Crippen LogP contribution is -2.49. The molecule has 2 atom stereocenters. The van der Waals surface area contributed by atoms with Crippen LogP contribution in [0, 0.1) is 0 Å². The number of hydrogen-bond donors (Lipinski definition) is 2. The number of amides is 2. The van der Waals surface area contributed by atoms with E-state index in [0.717, 1.165) is 43.0 Å². The lowest BCUT2D eigenvalue weighted by atomic mass is 10.0. The summed E-state index contributed by atoms with van der Waals surface area (Å²) in [5, 5.41) is 6.34. The van der Waals surface area contributed by atoms with Crippen LogP contribution in [0.15, 0.2) is 48.5 Å². The molecular weight excluding hydrogens is 458 g/mol. The molecule has 1 aliphatic heterocycles. The molecule has 2 aromatic rings. The van der Waals surface area contributed by atoms with E-state index in [0.29, 0.717) is 23.6 Å². The Morgan fingerprint density at radius 1 is 1.12 bits per heavy atom. The largest absolute Gasteiger partial charge is 0.497 e. The van der Waals surface area contributed by atoms with E-state index >= 15 is 0 Å². The second kappa shape index (κ2) is 12.9. The summed E-state index contributed by atoms with van der Waals surface area (Å²) in [6.45, 7) is 2.49. The van der Waals surface area contributed by atoms with Crippen LogP contribution in [-0.2, 0) is 4.79 Å². The minimum Gasteiger partial charge on any atom is -0.497 e. The van der Waals surface area contributed by atoms with Gasteiger partial charge in [0.2, 0.25) is 5.91 Å². The lowest BCUT2D eigenvalue weighted by Gasteiger charge is -2.29. The monoisotopic (exact) mass is 489 g/mol. The molecule has 178 valence electrons. The van der Waals surface area contributed by atoms with Crippen LogP contribution in [-0.4, -0.2) is 61.5 Å². The Balaban J connectivity index is 1.69. The molecule has 0 spiro atoms. The van der Waals surface area contributed by atoms with Gasteiger partial charge in [-0.15, -0.1) is 0 Å². The first-order chi connectivity index (χ1) is 16.0. The molecule has 0 aromatic heterocycles. The van der Waals surface area contributed by atoms with Crippen molar-refractivity contribution in [1.82, 2.24) is 15.5 Å². The third kappa shape index (κ3) is 7.13. The summed E-state index contributed by atoms with van der Waals surface area (Å²) in [5.41, 5.74) is 1.51. The molecule has 6 nitrogen and oxygen atoms in total. The summed E-state index contributed by atoms with van der Waals surface area (Å²) in [4.78, 5) is 28.3. The van der Waals surface area contributed by atoms with Crippen LogP contribution >= 0.6 is 23.4 Å². The fraction of sp³-hybridized carbons (Fsp3) is 0.440. The van der Waals surface area contributed by atoms with Gasteiger partial charge < -0.3 is 15.4 Å². The lowest BCUT2D eigenvalue weighted by molar-refractivity contribution is -0.123. The molecule has 8 heteroatoms. The van der Waals surface area contributed by atoms with E-state index in [2.05, 4.69) is 27.7 Å². The number of carbonyl (C=O) groups is 2. The van der Waals surface area contributed by atoms with E-state index in [4.69, 9.17) is 16.3 Å². The van der Waals surface area contributed by atoms with Crippen molar-refractivity contribution >= 4 is 35.2 Å². The Labute approximate surface area is 205 Å². The van der Waals surface area contributed by atoms with Crippen molar-refractivity contribution in [3.63, 3.8) is 0 Å². The first-order valence-corrected chi connectivity index (χ1v) is 13.0. The summed E-state index contributed by atoms with van der Waals surface area (Å²) in [5.74, 6) is 1.05. The van der Waals surface area contributed by atoms with Gasteiger partial charge in [0.25, 0.3) is 5.91 Å². The van der Waals surface area contributed by atoms with Gasteiger partial charge in [-0.05, 0) is 74.2 Å². The van der Waals surface area contributed by atoms with Gasteiger partial charge in [-0.25, -0.2) is 0 Å². The Morgan fingerprint density at radius 2 is 1.82 bits per heavy atom. The molecule has 0 radical (unpaired) electrons. The summed E-state index contributed by atoms with van der Waals surface area (Å²) in [6.07, 6.45) is 4.84. The molecule has 1 fully saturated rings. The van der Waals surface area contributed by atoms with E-state index in [1.165, 1.54) is 0 Å². The van der Waals surface area contributed by atoms with Crippen LogP contribution in [0.1, 0.15) is 41.2 Å². The molecular formula is C25H32ClN3O3S. The zero-order valence-corrected chi connectivity index (χ0v) is 20.8. The van der Waals surface area contributed by atoms with E-state index < -0.39 is 6.04 Å². The van der Waals surface area contributed by atoms with Gasteiger partial charge in [0.15, 0.2) is 0 Å². The second-order valence-electron chi connectivity index (χ2n) is 8.06. The zero-order valence-electron chi connectivity index (χ0n) is 19.2. The molecule has 2 aromatic carbocycles. The predicted molar refractivity (Wildman–Crippen MR) is 135 cm³/mol. The van der Waals surface area contributed by atoms with Crippen LogP contribution in [0.25, 0.3) is 0 Å². The number of carbonyl (C=O) groups excluding carboxylic acids is 2. The SMILES string of the molecule is COc1ccc([C@H](CNC(=O)[C@@H](CCSC)NC(=O)c2ccccc2Cl)N2CCCC2)cc1. The zero-order chi connectivity index (χ0) is 23.6. The van der Waals surface area contributed by atoms with Crippen molar-refractivity contribution in [1.29, 1.82) is 0 Å². The number of rotatable bonds is 11. The maximum Gasteiger partial charge on any atom is 0.253 e. The van der Waals surface area contributed by atoms with E-state index in [1.54, 1.807) is 43.1 Å². The average molecular weight is 490 g/mol. The van der Waals surface area contributed by atoms with Crippen LogP contribution < -0.4 is 15.4 Å². The van der Waals surface area contributed by atoms with Gasteiger partial charge in [0.1, 0.15) is 11.8 Å². The Morgan fingerprint density at radius 3 is 2.45 bits per heavy atom. The maximum absolute atomic E-state index is 13.1. The number of benzene rings is 2. The second-order valence-corrected chi connectivity index (χ2v) is 9.46. The van der Waals surface area contributed by atoms with Crippen molar-refractivity contribution in [2.75, 3.05) is 38.8 Å². The molecule has 0 saturated carbocycles. The highest BCUT2D eigenvalue weighted by atomic mass is 35.5. The molecule has 1 aliphatic rings. The van der Waals surface area contributed by atoms with Crippen molar-refractivity contribution in [3.05, 3.63) is 64.7 Å². The fourth-order valence-electron chi connectivity index (χ4n) is 4.04. The van der Waals surface area contributed by atoms with Crippen LogP contribution in [0.2, 0.25) is 5.02 Å². The van der Waals surface area contributed by atoms with Crippen molar-refractivity contribution in [3.8, 4) is 5.75 Å². The minimum atomic E-state index is -0.628. The predicted octanol–water partition coefficient (Wildman–Crippen LogP) is 4.15. The van der Waals surface area contributed by atoms with Crippen LogP contribution in [0.4, 0.5) is 0 Å². The van der Waals surface area contributed by atoms with Gasteiger partial charge in [0, 0.05) is 6.54 Å². The van der Waals surface area contributed by atoms with Crippen molar-refractivity contribution < 1.29 is 14.3 Å². The normalized spacial score (nSPS) is 15.6. The third-order valence-electron chi connectivity index (χ3n) is 5.90. The molecule has 2 N–H and O–H groups in total. The Bertz CT molecular complexity index is 919. The van der Waals surface area contributed by atoms with E-state index in [-0.39, 0.29) is 17.9 Å². The highest BCUT2D eigenvalue weighted by molar-refractivity contribution is 7.98. The quantitative estimate of drug-likeness (QED) is 0.496. The Kier molecular flexibility index (Phi) is 9.91. The van der Waals surface area contributed by atoms with Gasteiger partial charge in [0.05, 0.1) is 23.7 Å². The smallest absolute Gasteiger partial charge is 0.253 e. The van der Waals surface area contributed by atoms with Gasteiger partial charge >= 0.3 is 0 Å². The molecule has 1 saturated heterocycles. The molecule has 0 aliphatic carbocycles. The average Bonchev–Trinajstić information content (AvgIpc) is 3.37. The fourth-order valence-corrected chi connectivity index (χ4v) is 4.74. The highest BCUT2D eigenvalue weighted by Gasteiger charge is 2.27.